The molecule has 4 N–H and O–H groups in total. The van der Waals surface area contributed by atoms with Gasteiger partial charge in [0.1, 0.15) is 0 Å². The molecular weight excluding hydrogens is 146 g/mol. The Labute approximate surface area is 65.2 Å². The normalized spacial score (nSPS) is 30.4. The lowest BCUT2D eigenvalue weighted by Gasteiger charge is -2.06. The minimum absolute atomic E-state index is 0.136. The molecule has 0 aromatic heterocycles. The van der Waals surface area contributed by atoms with Crippen LogP contribution in [-0.4, -0.2) is 31.7 Å². The summed E-state index contributed by atoms with van der Waals surface area (Å²) in [6, 6.07) is -0.190. The summed E-state index contributed by atoms with van der Waals surface area (Å²) in [7, 11) is 1.63. The van der Waals surface area contributed by atoms with Gasteiger partial charge in [0, 0.05) is 13.7 Å². The Balaban J connectivity index is 2.35. The molecule has 1 amide bonds. The number of carbonyl (C=O) groups is 1. The van der Waals surface area contributed by atoms with E-state index in [0.717, 1.165) is 0 Å². The van der Waals surface area contributed by atoms with Crippen molar-refractivity contribution in [2.75, 3.05) is 13.7 Å². The molecule has 5 heteroatoms. The highest BCUT2D eigenvalue weighted by Gasteiger charge is 2.28. The van der Waals surface area contributed by atoms with Crippen molar-refractivity contribution in [3.8, 4) is 0 Å². The number of hydrazine groups is 1. The monoisotopic (exact) mass is 159 g/mol. The highest BCUT2D eigenvalue weighted by Crippen LogP contribution is 2.08. The van der Waals surface area contributed by atoms with E-state index < -0.39 is 0 Å². The fourth-order valence-corrected chi connectivity index (χ4v) is 1.18. The number of nitrogens with two attached hydrogens (primary N) is 1. The van der Waals surface area contributed by atoms with Gasteiger partial charge in [-0.1, -0.05) is 0 Å². The Kier molecular flexibility index (Phi) is 2.81. The van der Waals surface area contributed by atoms with E-state index in [2.05, 4.69) is 10.7 Å². The van der Waals surface area contributed by atoms with Crippen molar-refractivity contribution in [3.05, 3.63) is 0 Å². The highest BCUT2D eigenvalue weighted by atomic mass is 16.5. The molecule has 0 saturated carbocycles. The molecule has 1 rings (SSSR count). The first-order valence-electron chi connectivity index (χ1n) is 3.54. The molecule has 0 aromatic rings. The maximum atomic E-state index is 10.9. The van der Waals surface area contributed by atoms with Gasteiger partial charge in [-0.15, -0.1) is 0 Å². The fourth-order valence-electron chi connectivity index (χ4n) is 1.18. The fraction of sp³-hybridized carbons (Fsp3) is 0.833. The van der Waals surface area contributed by atoms with E-state index in [9.17, 15) is 4.79 Å². The largest absolute Gasteiger partial charge is 0.380 e. The van der Waals surface area contributed by atoms with Crippen molar-refractivity contribution in [2.45, 2.75) is 18.6 Å². The van der Waals surface area contributed by atoms with Crippen molar-refractivity contribution in [1.29, 1.82) is 0 Å². The molecule has 1 aliphatic rings. The molecule has 1 heterocycles. The van der Waals surface area contributed by atoms with Gasteiger partial charge in [0.2, 0.25) is 0 Å². The standard InChI is InChI=1S/C6H13N3O2/c1-11-4-2-5(8-3-4)6(10)9-7/h4-5,8H,2-3,7H2,1H3,(H,9,10)/t4-,5-/m0/s1. The van der Waals surface area contributed by atoms with E-state index in [1.807, 2.05) is 0 Å². The second-order valence-corrected chi connectivity index (χ2v) is 2.56. The summed E-state index contributed by atoms with van der Waals surface area (Å²) in [6.07, 6.45) is 0.830. The number of nitrogens with one attached hydrogen (secondary N) is 2. The number of ether oxygens (including phenoxy) is 1. The van der Waals surface area contributed by atoms with Crippen LogP contribution in [0.5, 0.6) is 0 Å². The van der Waals surface area contributed by atoms with E-state index in [4.69, 9.17) is 10.6 Å². The van der Waals surface area contributed by atoms with Gasteiger partial charge in [-0.2, -0.15) is 0 Å². The van der Waals surface area contributed by atoms with Crippen LogP contribution in [0.3, 0.4) is 0 Å². The van der Waals surface area contributed by atoms with Gasteiger partial charge in [0.05, 0.1) is 12.1 Å². The molecule has 1 saturated heterocycles. The zero-order chi connectivity index (χ0) is 8.27. The van der Waals surface area contributed by atoms with Crippen molar-refractivity contribution in [1.82, 2.24) is 10.7 Å². The van der Waals surface area contributed by atoms with Crippen molar-refractivity contribution < 1.29 is 9.53 Å². The zero-order valence-electron chi connectivity index (χ0n) is 6.46. The number of hydrogen-bond donors (Lipinski definition) is 3. The van der Waals surface area contributed by atoms with Gasteiger partial charge in [-0.3, -0.25) is 10.2 Å². The summed E-state index contributed by atoms with van der Waals surface area (Å²) in [6.45, 7) is 0.717. The summed E-state index contributed by atoms with van der Waals surface area (Å²) < 4.78 is 5.05. The Morgan fingerprint density at radius 3 is 3.00 bits per heavy atom. The smallest absolute Gasteiger partial charge is 0.251 e. The van der Waals surface area contributed by atoms with Gasteiger partial charge >= 0.3 is 0 Å². The first-order chi connectivity index (χ1) is 5.27. The van der Waals surface area contributed by atoms with Crippen LogP contribution in [0.2, 0.25) is 0 Å². The molecule has 0 aliphatic carbocycles. The van der Waals surface area contributed by atoms with Crippen LogP contribution < -0.4 is 16.6 Å². The lowest BCUT2D eigenvalue weighted by molar-refractivity contribution is -0.123. The molecular formula is C6H13N3O2. The molecule has 2 atom stereocenters. The van der Waals surface area contributed by atoms with E-state index in [-0.39, 0.29) is 18.1 Å². The lowest BCUT2D eigenvalue weighted by atomic mass is 10.2. The SMILES string of the molecule is CO[C@@H]1CN[C@H](C(=O)NN)C1. The summed E-state index contributed by atoms with van der Waals surface area (Å²) in [5.41, 5.74) is 2.09. The molecule has 0 unspecified atom stereocenters. The summed E-state index contributed by atoms with van der Waals surface area (Å²) >= 11 is 0. The van der Waals surface area contributed by atoms with E-state index in [0.29, 0.717) is 13.0 Å². The Morgan fingerprint density at radius 2 is 2.55 bits per heavy atom. The highest BCUT2D eigenvalue weighted by molar-refractivity contribution is 5.81. The van der Waals surface area contributed by atoms with Crippen LogP contribution in [-0.2, 0) is 9.53 Å². The Hall–Kier alpha value is -0.650. The van der Waals surface area contributed by atoms with Crippen molar-refractivity contribution in [3.63, 3.8) is 0 Å². The van der Waals surface area contributed by atoms with Gasteiger partial charge < -0.3 is 10.1 Å². The number of carbonyl (C=O) groups excluding carboxylic acids is 1. The second kappa shape index (κ2) is 3.66. The molecule has 0 spiro atoms. The van der Waals surface area contributed by atoms with Gasteiger partial charge in [0.25, 0.3) is 5.91 Å². The van der Waals surface area contributed by atoms with Crippen LogP contribution in [0.1, 0.15) is 6.42 Å². The molecule has 1 fully saturated rings. The van der Waals surface area contributed by atoms with E-state index in [1.54, 1.807) is 7.11 Å². The topological polar surface area (TPSA) is 76.4 Å². The third-order valence-electron chi connectivity index (χ3n) is 1.88. The van der Waals surface area contributed by atoms with E-state index >= 15 is 0 Å². The first-order valence-corrected chi connectivity index (χ1v) is 3.54. The molecule has 1 aliphatic heterocycles. The minimum atomic E-state index is -0.190. The first kappa shape index (κ1) is 8.45. The van der Waals surface area contributed by atoms with Crippen LogP contribution >= 0.6 is 0 Å². The van der Waals surface area contributed by atoms with Crippen LogP contribution in [0.25, 0.3) is 0 Å². The maximum Gasteiger partial charge on any atom is 0.251 e. The molecule has 0 bridgehead atoms. The zero-order valence-corrected chi connectivity index (χ0v) is 6.46. The van der Waals surface area contributed by atoms with Crippen LogP contribution in [0, 0.1) is 0 Å². The summed E-state index contributed by atoms with van der Waals surface area (Å²) in [5.74, 6) is 4.78. The predicted molar refractivity (Wildman–Crippen MR) is 39.5 cm³/mol. The lowest BCUT2D eigenvalue weighted by Crippen LogP contribution is -2.43. The number of methoxy groups -OCH3 is 1. The second-order valence-electron chi connectivity index (χ2n) is 2.56. The van der Waals surface area contributed by atoms with Gasteiger partial charge in [-0.05, 0) is 6.42 Å². The molecule has 5 nitrogen and oxygen atoms in total. The minimum Gasteiger partial charge on any atom is -0.380 e. The average Bonchev–Trinajstić information content (AvgIpc) is 2.50. The van der Waals surface area contributed by atoms with Crippen LogP contribution in [0.15, 0.2) is 0 Å². The van der Waals surface area contributed by atoms with Crippen molar-refractivity contribution in [2.24, 2.45) is 5.84 Å². The number of rotatable bonds is 2. The quantitative estimate of drug-likeness (QED) is 0.256. The Morgan fingerprint density at radius 1 is 1.82 bits per heavy atom. The number of hydrogen-bond acceptors (Lipinski definition) is 4. The van der Waals surface area contributed by atoms with Gasteiger partial charge in [0.15, 0.2) is 0 Å². The summed E-state index contributed by atoms with van der Waals surface area (Å²) in [5, 5.41) is 2.99. The van der Waals surface area contributed by atoms with Crippen molar-refractivity contribution >= 4 is 5.91 Å². The molecule has 0 radical (unpaired) electrons. The molecule has 11 heavy (non-hydrogen) atoms. The third-order valence-corrected chi connectivity index (χ3v) is 1.88. The molecule has 64 valence electrons. The maximum absolute atomic E-state index is 10.9. The van der Waals surface area contributed by atoms with E-state index in [1.165, 1.54) is 0 Å². The van der Waals surface area contributed by atoms with Crippen LogP contribution in [0.4, 0.5) is 0 Å². The average molecular weight is 159 g/mol. The molecule has 0 aromatic carbocycles. The predicted octanol–water partition coefficient (Wildman–Crippen LogP) is -1.65. The number of amides is 1. The Bertz CT molecular complexity index is 151. The summed E-state index contributed by atoms with van der Waals surface area (Å²) in [4.78, 5) is 10.9. The third kappa shape index (κ3) is 1.89. The van der Waals surface area contributed by atoms with Gasteiger partial charge in [-0.25, -0.2) is 5.84 Å².